The first-order valence-electron chi connectivity index (χ1n) is 7.54. The van der Waals surface area contributed by atoms with Gasteiger partial charge in [0, 0.05) is 0 Å². The molecule has 0 amide bonds. The lowest BCUT2D eigenvalue weighted by atomic mass is 9.91. The van der Waals surface area contributed by atoms with Gasteiger partial charge in [-0.2, -0.15) is 0 Å². The SMILES string of the molecule is CCCCC1CCC(c2ccc(CC)cc2)OC1. The maximum atomic E-state index is 6.05. The molecular weight excluding hydrogens is 220 g/mol. The Kier molecular flexibility index (Phi) is 5.25. The van der Waals surface area contributed by atoms with Crippen molar-refractivity contribution in [2.24, 2.45) is 5.92 Å². The monoisotopic (exact) mass is 246 g/mol. The summed E-state index contributed by atoms with van der Waals surface area (Å²) in [5.74, 6) is 0.802. The highest BCUT2D eigenvalue weighted by molar-refractivity contribution is 5.24. The molecule has 2 atom stereocenters. The second-order valence-corrected chi connectivity index (χ2v) is 5.50. The van der Waals surface area contributed by atoms with E-state index in [2.05, 4.69) is 38.1 Å². The van der Waals surface area contributed by atoms with Crippen LogP contribution in [0.5, 0.6) is 0 Å². The molecule has 1 heterocycles. The quantitative estimate of drug-likeness (QED) is 0.717. The van der Waals surface area contributed by atoms with Crippen LogP contribution in [0.2, 0.25) is 0 Å². The van der Waals surface area contributed by atoms with Crippen LogP contribution >= 0.6 is 0 Å². The molecular formula is C17H26O. The van der Waals surface area contributed by atoms with E-state index in [9.17, 15) is 0 Å². The van der Waals surface area contributed by atoms with Gasteiger partial charge in [0.1, 0.15) is 0 Å². The molecule has 1 aromatic carbocycles. The first-order valence-corrected chi connectivity index (χ1v) is 7.54. The highest BCUT2D eigenvalue weighted by Crippen LogP contribution is 2.32. The van der Waals surface area contributed by atoms with Gasteiger partial charge in [-0.15, -0.1) is 0 Å². The number of benzene rings is 1. The molecule has 1 heteroatoms. The van der Waals surface area contributed by atoms with Gasteiger partial charge in [-0.1, -0.05) is 51.0 Å². The lowest BCUT2D eigenvalue weighted by Gasteiger charge is -2.29. The van der Waals surface area contributed by atoms with Gasteiger partial charge in [0.2, 0.25) is 0 Å². The standard InChI is InChI=1S/C17H26O/c1-3-5-6-15-9-12-17(18-13-15)16-10-7-14(4-2)8-11-16/h7-8,10-11,15,17H,3-6,9,12-13H2,1-2H3. The smallest absolute Gasteiger partial charge is 0.0825 e. The lowest BCUT2D eigenvalue weighted by Crippen LogP contribution is -2.20. The molecule has 1 aromatic rings. The van der Waals surface area contributed by atoms with E-state index in [1.54, 1.807) is 0 Å². The first-order chi connectivity index (χ1) is 8.83. The molecule has 0 aromatic heterocycles. The molecule has 1 fully saturated rings. The van der Waals surface area contributed by atoms with Crippen LogP contribution in [-0.4, -0.2) is 6.61 Å². The highest BCUT2D eigenvalue weighted by Gasteiger charge is 2.22. The molecule has 0 saturated carbocycles. The van der Waals surface area contributed by atoms with Crippen LogP contribution in [-0.2, 0) is 11.2 Å². The number of rotatable bonds is 5. The Morgan fingerprint density at radius 3 is 2.44 bits per heavy atom. The van der Waals surface area contributed by atoms with Gasteiger partial charge in [-0.25, -0.2) is 0 Å². The van der Waals surface area contributed by atoms with Crippen molar-refractivity contribution in [1.82, 2.24) is 0 Å². The second-order valence-electron chi connectivity index (χ2n) is 5.50. The number of ether oxygens (including phenoxy) is 1. The topological polar surface area (TPSA) is 9.23 Å². The minimum absolute atomic E-state index is 0.341. The average molecular weight is 246 g/mol. The fourth-order valence-electron chi connectivity index (χ4n) is 2.76. The Bertz CT molecular complexity index is 333. The number of aryl methyl sites for hydroxylation is 1. The van der Waals surface area contributed by atoms with E-state index in [4.69, 9.17) is 4.74 Å². The van der Waals surface area contributed by atoms with Crippen LogP contribution in [0.3, 0.4) is 0 Å². The van der Waals surface area contributed by atoms with Crippen molar-refractivity contribution in [2.75, 3.05) is 6.61 Å². The largest absolute Gasteiger partial charge is 0.373 e. The predicted octanol–water partition coefficient (Wildman–Crippen LogP) is 4.91. The molecule has 2 rings (SSSR count). The minimum Gasteiger partial charge on any atom is -0.373 e. The number of hydrogen-bond acceptors (Lipinski definition) is 1. The van der Waals surface area contributed by atoms with Crippen molar-refractivity contribution < 1.29 is 4.74 Å². The molecule has 2 unspecified atom stereocenters. The van der Waals surface area contributed by atoms with Crippen LogP contribution in [0.4, 0.5) is 0 Å². The molecule has 0 spiro atoms. The van der Waals surface area contributed by atoms with Gasteiger partial charge in [0.05, 0.1) is 12.7 Å². The summed E-state index contributed by atoms with van der Waals surface area (Å²) >= 11 is 0. The molecule has 100 valence electrons. The normalized spacial score (nSPS) is 24.1. The van der Waals surface area contributed by atoms with Gasteiger partial charge >= 0.3 is 0 Å². The minimum atomic E-state index is 0.341. The van der Waals surface area contributed by atoms with Gasteiger partial charge < -0.3 is 4.74 Å². The molecule has 1 aliphatic heterocycles. The van der Waals surface area contributed by atoms with E-state index < -0.39 is 0 Å². The Hall–Kier alpha value is -0.820. The summed E-state index contributed by atoms with van der Waals surface area (Å²) in [6.07, 6.45) is 7.99. The van der Waals surface area contributed by atoms with Crippen LogP contribution in [0.1, 0.15) is 63.2 Å². The van der Waals surface area contributed by atoms with Crippen molar-refractivity contribution in [3.05, 3.63) is 35.4 Å². The summed E-state index contributed by atoms with van der Waals surface area (Å²) in [4.78, 5) is 0. The maximum absolute atomic E-state index is 6.05. The van der Waals surface area contributed by atoms with Crippen LogP contribution in [0.15, 0.2) is 24.3 Å². The molecule has 1 nitrogen and oxygen atoms in total. The second kappa shape index (κ2) is 6.94. The zero-order valence-corrected chi connectivity index (χ0v) is 11.8. The van der Waals surface area contributed by atoms with E-state index in [1.165, 1.54) is 43.2 Å². The number of unbranched alkanes of at least 4 members (excludes halogenated alkanes) is 1. The Morgan fingerprint density at radius 1 is 1.11 bits per heavy atom. The van der Waals surface area contributed by atoms with E-state index >= 15 is 0 Å². The third-order valence-electron chi connectivity index (χ3n) is 4.10. The Labute approximate surface area is 112 Å². The van der Waals surface area contributed by atoms with Crippen molar-refractivity contribution in [3.8, 4) is 0 Å². The Morgan fingerprint density at radius 2 is 1.89 bits per heavy atom. The third kappa shape index (κ3) is 3.58. The van der Waals surface area contributed by atoms with Gasteiger partial charge in [0.15, 0.2) is 0 Å². The zero-order valence-electron chi connectivity index (χ0n) is 11.8. The molecule has 0 radical (unpaired) electrons. The molecule has 1 aliphatic rings. The lowest BCUT2D eigenvalue weighted by molar-refractivity contribution is -0.0198. The summed E-state index contributed by atoms with van der Waals surface area (Å²) < 4.78 is 6.05. The summed E-state index contributed by atoms with van der Waals surface area (Å²) in [6.45, 7) is 5.42. The molecule has 1 saturated heterocycles. The van der Waals surface area contributed by atoms with Crippen LogP contribution in [0, 0.1) is 5.92 Å². The van der Waals surface area contributed by atoms with Gasteiger partial charge in [-0.3, -0.25) is 0 Å². The fraction of sp³-hybridized carbons (Fsp3) is 0.647. The molecule has 0 aliphatic carbocycles. The summed E-state index contributed by atoms with van der Waals surface area (Å²) in [7, 11) is 0. The molecule has 0 bridgehead atoms. The average Bonchev–Trinajstić information content (AvgIpc) is 2.46. The van der Waals surface area contributed by atoms with E-state index in [0.717, 1.165) is 18.9 Å². The summed E-state index contributed by atoms with van der Waals surface area (Å²) in [5, 5.41) is 0. The summed E-state index contributed by atoms with van der Waals surface area (Å²) in [5.41, 5.74) is 2.77. The fourth-order valence-corrected chi connectivity index (χ4v) is 2.76. The third-order valence-corrected chi connectivity index (χ3v) is 4.10. The van der Waals surface area contributed by atoms with Crippen molar-refractivity contribution in [2.45, 2.75) is 58.5 Å². The molecule has 0 N–H and O–H groups in total. The Balaban J connectivity index is 1.84. The van der Waals surface area contributed by atoms with Crippen LogP contribution < -0.4 is 0 Å². The number of hydrogen-bond donors (Lipinski definition) is 0. The van der Waals surface area contributed by atoms with Gasteiger partial charge in [0.25, 0.3) is 0 Å². The highest BCUT2D eigenvalue weighted by atomic mass is 16.5. The van der Waals surface area contributed by atoms with Crippen molar-refractivity contribution in [1.29, 1.82) is 0 Å². The van der Waals surface area contributed by atoms with Crippen LogP contribution in [0.25, 0.3) is 0 Å². The van der Waals surface area contributed by atoms with E-state index in [-0.39, 0.29) is 0 Å². The summed E-state index contributed by atoms with van der Waals surface area (Å²) in [6, 6.07) is 8.97. The van der Waals surface area contributed by atoms with Gasteiger partial charge in [-0.05, 0) is 42.7 Å². The maximum Gasteiger partial charge on any atom is 0.0825 e. The molecule has 18 heavy (non-hydrogen) atoms. The zero-order chi connectivity index (χ0) is 12.8. The predicted molar refractivity (Wildman–Crippen MR) is 76.8 cm³/mol. The van der Waals surface area contributed by atoms with E-state index in [0.29, 0.717) is 6.10 Å². The van der Waals surface area contributed by atoms with E-state index in [1.807, 2.05) is 0 Å². The first kappa shape index (κ1) is 13.6. The van der Waals surface area contributed by atoms with Crippen molar-refractivity contribution >= 4 is 0 Å². The van der Waals surface area contributed by atoms with Crippen molar-refractivity contribution in [3.63, 3.8) is 0 Å².